The predicted molar refractivity (Wildman–Crippen MR) is 64.1 cm³/mol. The second-order valence-electron chi connectivity index (χ2n) is 3.89. The molecule has 0 aliphatic rings. The smallest absolute Gasteiger partial charge is 0.314 e. The average Bonchev–Trinajstić information content (AvgIpc) is 2.26. The molecule has 0 fully saturated rings. The molecule has 18 heavy (non-hydrogen) atoms. The van der Waals surface area contributed by atoms with E-state index in [-0.39, 0.29) is 31.3 Å². The van der Waals surface area contributed by atoms with Gasteiger partial charge in [-0.05, 0) is 12.8 Å². The van der Waals surface area contributed by atoms with Gasteiger partial charge in [-0.1, -0.05) is 6.92 Å². The molecule has 1 atom stereocenters. The molecule has 0 bridgehead atoms. The van der Waals surface area contributed by atoms with Crippen molar-refractivity contribution in [2.45, 2.75) is 26.7 Å². The number of esters is 1. The van der Waals surface area contributed by atoms with Crippen LogP contribution in [-0.4, -0.2) is 42.8 Å². The number of carbonyl (C=O) groups is 3. The fourth-order valence-electron chi connectivity index (χ4n) is 1.19. The summed E-state index contributed by atoms with van der Waals surface area (Å²) in [5.74, 6) is -1.29. The molecule has 0 rings (SSSR count). The van der Waals surface area contributed by atoms with E-state index < -0.39 is 12.0 Å². The van der Waals surface area contributed by atoms with E-state index in [0.29, 0.717) is 13.2 Å². The van der Waals surface area contributed by atoms with E-state index >= 15 is 0 Å². The van der Waals surface area contributed by atoms with Crippen LogP contribution in [0, 0.1) is 5.92 Å². The number of aliphatic carboxylic acids is 1. The summed E-state index contributed by atoms with van der Waals surface area (Å²) in [4.78, 5) is 32.5. The Bertz CT molecular complexity index is 293. The van der Waals surface area contributed by atoms with Crippen molar-refractivity contribution in [3.05, 3.63) is 0 Å². The van der Waals surface area contributed by atoms with Gasteiger partial charge in [0.1, 0.15) is 0 Å². The van der Waals surface area contributed by atoms with E-state index in [0.717, 1.165) is 0 Å². The van der Waals surface area contributed by atoms with Crippen LogP contribution >= 0.6 is 0 Å². The molecule has 3 N–H and O–H groups in total. The van der Waals surface area contributed by atoms with Crippen LogP contribution in [0.2, 0.25) is 0 Å². The summed E-state index contributed by atoms with van der Waals surface area (Å²) in [6.07, 6.45) is 0.120. The van der Waals surface area contributed by atoms with Gasteiger partial charge in [-0.25, -0.2) is 4.79 Å². The van der Waals surface area contributed by atoms with Crippen LogP contribution in [0.25, 0.3) is 0 Å². The number of amides is 2. The Morgan fingerprint density at radius 1 is 1.28 bits per heavy atom. The molecule has 0 saturated heterocycles. The molecule has 0 radical (unpaired) electrons. The molecule has 7 nitrogen and oxygen atoms in total. The molecule has 0 aliphatic carbocycles. The number of hydrogen-bond acceptors (Lipinski definition) is 4. The third-order valence-electron chi connectivity index (χ3n) is 2.06. The number of carbonyl (C=O) groups excluding carboxylic acids is 2. The van der Waals surface area contributed by atoms with Crippen molar-refractivity contribution >= 4 is 18.0 Å². The van der Waals surface area contributed by atoms with Crippen LogP contribution < -0.4 is 10.6 Å². The second kappa shape index (κ2) is 9.26. The van der Waals surface area contributed by atoms with Crippen LogP contribution in [0.4, 0.5) is 4.79 Å². The summed E-state index contributed by atoms with van der Waals surface area (Å²) >= 11 is 0. The maximum absolute atomic E-state index is 11.2. The molecule has 0 spiro atoms. The van der Waals surface area contributed by atoms with E-state index in [1.807, 2.05) is 6.92 Å². The lowest BCUT2D eigenvalue weighted by Crippen LogP contribution is -2.39. The summed E-state index contributed by atoms with van der Waals surface area (Å²) in [5.41, 5.74) is 0. The van der Waals surface area contributed by atoms with Crippen molar-refractivity contribution in [3.8, 4) is 0 Å². The molecule has 0 aromatic rings. The number of hydrogen-bond donors (Lipinski definition) is 3. The van der Waals surface area contributed by atoms with Crippen LogP contribution in [-0.2, 0) is 14.3 Å². The van der Waals surface area contributed by atoms with E-state index in [4.69, 9.17) is 9.84 Å². The minimum Gasteiger partial charge on any atom is -0.481 e. The zero-order valence-corrected chi connectivity index (χ0v) is 10.7. The molecule has 0 aromatic heterocycles. The molecular formula is C11H20N2O5. The highest BCUT2D eigenvalue weighted by Gasteiger charge is 2.11. The Labute approximate surface area is 106 Å². The number of carboxylic acids is 1. The number of ether oxygens (including phenoxy) is 1. The van der Waals surface area contributed by atoms with Gasteiger partial charge < -0.3 is 20.5 Å². The number of urea groups is 1. The fraction of sp³-hybridized carbons (Fsp3) is 0.727. The maximum Gasteiger partial charge on any atom is 0.314 e. The highest BCUT2D eigenvalue weighted by atomic mass is 16.5. The Morgan fingerprint density at radius 2 is 1.94 bits per heavy atom. The van der Waals surface area contributed by atoms with Crippen molar-refractivity contribution in [1.82, 2.24) is 10.6 Å². The quantitative estimate of drug-likeness (QED) is 0.546. The topological polar surface area (TPSA) is 105 Å². The summed E-state index contributed by atoms with van der Waals surface area (Å²) in [6.45, 7) is 4.30. The third-order valence-corrected chi connectivity index (χ3v) is 2.06. The van der Waals surface area contributed by atoms with Crippen LogP contribution in [0.15, 0.2) is 0 Å². The van der Waals surface area contributed by atoms with Gasteiger partial charge in [0.05, 0.1) is 13.0 Å². The van der Waals surface area contributed by atoms with Gasteiger partial charge in [-0.15, -0.1) is 0 Å². The Balaban J connectivity index is 3.64. The highest BCUT2D eigenvalue weighted by molar-refractivity contribution is 5.75. The number of nitrogens with one attached hydrogen (secondary N) is 2. The zero-order valence-electron chi connectivity index (χ0n) is 10.7. The number of carboxylic acid groups (broad SMARTS) is 1. The molecule has 104 valence electrons. The number of rotatable bonds is 8. The molecule has 1 unspecified atom stereocenters. The summed E-state index contributed by atoms with van der Waals surface area (Å²) in [5, 5.41) is 13.3. The SMILES string of the molecule is CCOC(=O)CC(C)CNC(=O)NCCC(=O)O. The highest BCUT2D eigenvalue weighted by Crippen LogP contribution is 2.01. The van der Waals surface area contributed by atoms with Crippen molar-refractivity contribution in [2.75, 3.05) is 19.7 Å². The maximum atomic E-state index is 11.2. The summed E-state index contributed by atoms with van der Waals surface area (Å²) < 4.78 is 4.78. The van der Waals surface area contributed by atoms with E-state index in [9.17, 15) is 14.4 Å². The fourth-order valence-corrected chi connectivity index (χ4v) is 1.19. The molecule has 0 aliphatic heterocycles. The first kappa shape index (κ1) is 16.2. The van der Waals surface area contributed by atoms with Crippen molar-refractivity contribution in [2.24, 2.45) is 5.92 Å². The Hall–Kier alpha value is -1.79. The van der Waals surface area contributed by atoms with Crippen molar-refractivity contribution in [1.29, 1.82) is 0 Å². The van der Waals surface area contributed by atoms with Gasteiger partial charge in [0.2, 0.25) is 0 Å². The van der Waals surface area contributed by atoms with E-state index in [1.165, 1.54) is 0 Å². The lowest BCUT2D eigenvalue weighted by Gasteiger charge is -2.12. The van der Waals surface area contributed by atoms with E-state index in [1.54, 1.807) is 6.92 Å². The average molecular weight is 260 g/mol. The lowest BCUT2D eigenvalue weighted by atomic mass is 10.1. The van der Waals surface area contributed by atoms with Crippen molar-refractivity contribution < 1.29 is 24.2 Å². The molecule has 2 amide bonds. The normalized spacial score (nSPS) is 11.4. The zero-order chi connectivity index (χ0) is 14.0. The van der Waals surface area contributed by atoms with Gasteiger partial charge in [-0.3, -0.25) is 9.59 Å². The molecule has 0 heterocycles. The van der Waals surface area contributed by atoms with Crippen molar-refractivity contribution in [3.63, 3.8) is 0 Å². The third kappa shape index (κ3) is 9.44. The molecule has 0 saturated carbocycles. The molecule has 0 aromatic carbocycles. The van der Waals surface area contributed by atoms with Gasteiger partial charge in [0.15, 0.2) is 0 Å². The monoisotopic (exact) mass is 260 g/mol. The Morgan fingerprint density at radius 3 is 2.50 bits per heavy atom. The largest absolute Gasteiger partial charge is 0.481 e. The first-order valence-electron chi connectivity index (χ1n) is 5.84. The van der Waals surface area contributed by atoms with E-state index in [2.05, 4.69) is 10.6 Å². The lowest BCUT2D eigenvalue weighted by molar-refractivity contribution is -0.144. The first-order valence-corrected chi connectivity index (χ1v) is 5.84. The van der Waals surface area contributed by atoms with Gasteiger partial charge in [-0.2, -0.15) is 0 Å². The molecule has 7 heteroatoms. The summed E-state index contributed by atoms with van der Waals surface area (Å²) in [7, 11) is 0. The van der Waals surface area contributed by atoms with Crippen LogP contribution in [0.3, 0.4) is 0 Å². The van der Waals surface area contributed by atoms with Gasteiger partial charge in [0.25, 0.3) is 0 Å². The van der Waals surface area contributed by atoms with Crippen LogP contribution in [0.5, 0.6) is 0 Å². The van der Waals surface area contributed by atoms with Crippen LogP contribution in [0.1, 0.15) is 26.7 Å². The minimum absolute atomic E-state index is 0.0331. The second-order valence-corrected chi connectivity index (χ2v) is 3.89. The minimum atomic E-state index is -0.967. The predicted octanol–water partition coefficient (Wildman–Crippen LogP) is 0.350. The Kier molecular flexibility index (Phi) is 8.34. The summed E-state index contributed by atoms with van der Waals surface area (Å²) in [6, 6.07) is -0.438. The van der Waals surface area contributed by atoms with Gasteiger partial charge in [0, 0.05) is 19.5 Å². The standard InChI is InChI=1S/C11H20N2O5/c1-3-18-10(16)6-8(2)7-13-11(17)12-5-4-9(14)15/h8H,3-7H2,1-2H3,(H,14,15)(H2,12,13,17). The first-order chi connectivity index (χ1) is 8.45. The molecular weight excluding hydrogens is 240 g/mol. The van der Waals surface area contributed by atoms with Gasteiger partial charge >= 0.3 is 18.0 Å².